The number of nitrogens with zero attached hydrogens (tertiary/aromatic N) is 4. The number of hydrogen-bond acceptors (Lipinski definition) is 6. The lowest BCUT2D eigenvalue weighted by molar-refractivity contribution is 0.474. The summed E-state index contributed by atoms with van der Waals surface area (Å²) in [6.45, 7) is 13.8. The van der Waals surface area contributed by atoms with E-state index in [0.29, 0.717) is 11.5 Å². The van der Waals surface area contributed by atoms with Gasteiger partial charge in [0.25, 0.3) is 0 Å². The minimum absolute atomic E-state index is 0.294. The molecule has 6 heteroatoms. The lowest BCUT2D eigenvalue weighted by Crippen LogP contribution is -2.21. The molecule has 2 rings (SSSR count). The Balaban J connectivity index is 1.54. The molecule has 0 fully saturated rings. The van der Waals surface area contributed by atoms with Crippen molar-refractivity contribution in [3.8, 4) is 11.5 Å². The second kappa shape index (κ2) is 17.4. The molecule has 6 nitrogen and oxygen atoms in total. The van der Waals surface area contributed by atoms with Crippen molar-refractivity contribution in [3.05, 3.63) is 47.5 Å². The van der Waals surface area contributed by atoms with Gasteiger partial charge in [-0.3, -0.25) is 9.98 Å². The van der Waals surface area contributed by atoms with Gasteiger partial charge in [0.15, 0.2) is 0 Å². The summed E-state index contributed by atoms with van der Waals surface area (Å²) in [5.41, 5.74) is 3.66. The Morgan fingerprint density at radius 2 is 0.919 bits per heavy atom. The molecule has 0 atom stereocenters. The Morgan fingerprint density at radius 1 is 0.568 bits per heavy atom. The molecule has 0 radical (unpaired) electrons. The minimum atomic E-state index is 0.294. The summed E-state index contributed by atoms with van der Waals surface area (Å²) in [5.74, 6) is 0.588. The molecule has 2 aromatic rings. The van der Waals surface area contributed by atoms with Gasteiger partial charge in [-0.25, -0.2) is 0 Å². The van der Waals surface area contributed by atoms with Gasteiger partial charge in [0.05, 0.1) is 0 Å². The van der Waals surface area contributed by atoms with Gasteiger partial charge in [-0.1, -0.05) is 32.1 Å². The van der Waals surface area contributed by atoms with Crippen LogP contribution in [-0.2, 0) is 0 Å². The molecule has 2 N–H and O–H groups in total. The highest BCUT2D eigenvalue weighted by atomic mass is 16.3. The molecule has 0 aromatic heterocycles. The quantitative estimate of drug-likeness (QED) is 0.167. The first kappa shape index (κ1) is 30.2. The van der Waals surface area contributed by atoms with Gasteiger partial charge < -0.3 is 20.0 Å². The zero-order chi connectivity index (χ0) is 26.9. The van der Waals surface area contributed by atoms with Crippen LogP contribution in [-0.4, -0.2) is 61.9 Å². The van der Waals surface area contributed by atoms with Gasteiger partial charge in [-0.05, 0) is 64.8 Å². The lowest BCUT2D eigenvalue weighted by Gasteiger charge is -2.21. The molecule has 37 heavy (non-hydrogen) atoms. The zero-order valence-corrected chi connectivity index (χ0v) is 23.5. The van der Waals surface area contributed by atoms with Crippen LogP contribution in [0.15, 0.2) is 46.4 Å². The topological polar surface area (TPSA) is 71.7 Å². The predicted octanol–water partition coefficient (Wildman–Crippen LogP) is 7.06. The van der Waals surface area contributed by atoms with Gasteiger partial charge in [0, 0.05) is 86.3 Å². The first-order valence-corrected chi connectivity index (χ1v) is 14.2. The SMILES string of the molecule is CCN(CC)c1ccc(C=NCCCCCCCCCN=Cc2ccc(N(CC)CC)cc2O)c(O)c1. The monoisotopic (exact) mass is 508 g/mol. The van der Waals surface area contributed by atoms with Crippen molar-refractivity contribution in [2.75, 3.05) is 49.1 Å². The number of hydrogen-bond donors (Lipinski definition) is 2. The summed E-state index contributed by atoms with van der Waals surface area (Å²) in [7, 11) is 0. The van der Waals surface area contributed by atoms with E-state index >= 15 is 0 Å². The average molecular weight is 509 g/mol. The molecule has 0 aliphatic rings. The summed E-state index contributed by atoms with van der Waals surface area (Å²) < 4.78 is 0. The van der Waals surface area contributed by atoms with Crippen molar-refractivity contribution >= 4 is 23.8 Å². The summed E-state index contributed by atoms with van der Waals surface area (Å²) >= 11 is 0. The smallest absolute Gasteiger partial charge is 0.126 e. The van der Waals surface area contributed by atoms with Crippen molar-refractivity contribution in [1.29, 1.82) is 0 Å². The van der Waals surface area contributed by atoms with E-state index in [1.54, 1.807) is 12.4 Å². The van der Waals surface area contributed by atoms with E-state index in [2.05, 4.69) is 47.5 Å². The Hall–Kier alpha value is -3.02. The largest absolute Gasteiger partial charge is 0.507 e. The van der Waals surface area contributed by atoms with Gasteiger partial charge in [-0.2, -0.15) is 0 Å². The maximum Gasteiger partial charge on any atom is 0.126 e. The van der Waals surface area contributed by atoms with Crippen molar-refractivity contribution in [3.63, 3.8) is 0 Å². The number of unbranched alkanes of at least 4 members (excludes halogenated alkanes) is 6. The molecular formula is C31H48N4O2. The van der Waals surface area contributed by atoms with E-state index < -0.39 is 0 Å². The maximum atomic E-state index is 10.3. The molecule has 0 saturated carbocycles. The Bertz CT molecular complexity index is 888. The molecule has 2 aromatic carbocycles. The number of anilines is 2. The van der Waals surface area contributed by atoms with E-state index in [9.17, 15) is 10.2 Å². The summed E-state index contributed by atoms with van der Waals surface area (Å²) in [6.07, 6.45) is 11.8. The summed E-state index contributed by atoms with van der Waals surface area (Å²) in [6, 6.07) is 11.6. The Kier molecular flexibility index (Phi) is 14.2. The van der Waals surface area contributed by atoms with E-state index in [4.69, 9.17) is 0 Å². The highest BCUT2D eigenvalue weighted by Gasteiger charge is 2.06. The standard InChI is InChI=1S/C31H48N4O2/c1-5-34(6-2)28-18-16-26(30(36)22-28)24-32-20-14-12-10-9-11-13-15-21-33-25-27-17-19-29(23-31(27)37)35(7-3)8-4/h16-19,22-25,36-37H,5-15,20-21H2,1-4H3. The summed E-state index contributed by atoms with van der Waals surface area (Å²) in [5, 5.41) is 20.6. The van der Waals surface area contributed by atoms with Crippen molar-refractivity contribution < 1.29 is 10.2 Å². The number of aliphatic imine (C=N–C) groups is 2. The van der Waals surface area contributed by atoms with Crippen LogP contribution in [0.2, 0.25) is 0 Å². The first-order valence-electron chi connectivity index (χ1n) is 14.2. The van der Waals surface area contributed by atoms with Crippen LogP contribution in [0.1, 0.15) is 83.8 Å². The predicted molar refractivity (Wildman–Crippen MR) is 161 cm³/mol. The zero-order valence-electron chi connectivity index (χ0n) is 23.5. The number of phenolic OH excluding ortho intramolecular Hbond substituents is 2. The van der Waals surface area contributed by atoms with Crippen LogP contribution < -0.4 is 9.80 Å². The fourth-order valence-electron chi connectivity index (χ4n) is 4.47. The molecule has 0 aliphatic heterocycles. The molecule has 204 valence electrons. The highest BCUT2D eigenvalue weighted by molar-refractivity contribution is 5.85. The van der Waals surface area contributed by atoms with Crippen molar-refractivity contribution in [2.24, 2.45) is 9.98 Å². The first-order chi connectivity index (χ1) is 18.0. The molecule has 0 bridgehead atoms. The van der Waals surface area contributed by atoms with Gasteiger partial charge in [-0.15, -0.1) is 0 Å². The second-order valence-corrected chi connectivity index (χ2v) is 9.38. The maximum absolute atomic E-state index is 10.3. The van der Waals surface area contributed by atoms with Crippen LogP contribution in [0.5, 0.6) is 11.5 Å². The highest BCUT2D eigenvalue weighted by Crippen LogP contribution is 2.24. The van der Waals surface area contributed by atoms with Crippen molar-refractivity contribution in [1.82, 2.24) is 0 Å². The summed E-state index contributed by atoms with van der Waals surface area (Å²) in [4.78, 5) is 13.4. The van der Waals surface area contributed by atoms with Crippen molar-refractivity contribution in [2.45, 2.75) is 72.6 Å². The van der Waals surface area contributed by atoms with Crippen LogP contribution in [0.4, 0.5) is 11.4 Å². The molecule has 0 spiro atoms. The lowest BCUT2D eigenvalue weighted by atomic mass is 10.1. The number of aromatic hydroxyl groups is 2. The van der Waals surface area contributed by atoms with Crippen LogP contribution in [0, 0.1) is 0 Å². The third kappa shape index (κ3) is 10.5. The fraction of sp³-hybridized carbons (Fsp3) is 0.548. The number of rotatable bonds is 18. The Morgan fingerprint density at radius 3 is 1.24 bits per heavy atom. The molecular weight excluding hydrogens is 460 g/mol. The molecule has 0 heterocycles. The number of benzene rings is 2. The van der Waals surface area contributed by atoms with Crippen LogP contribution in [0.25, 0.3) is 0 Å². The minimum Gasteiger partial charge on any atom is -0.507 e. The number of phenols is 2. The Labute approximate surface area is 224 Å². The van der Waals surface area contributed by atoms with Gasteiger partial charge in [0.1, 0.15) is 11.5 Å². The van der Waals surface area contributed by atoms with Gasteiger partial charge >= 0.3 is 0 Å². The van der Waals surface area contributed by atoms with E-state index in [1.807, 2.05) is 36.4 Å². The fourth-order valence-corrected chi connectivity index (χ4v) is 4.47. The second-order valence-electron chi connectivity index (χ2n) is 9.38. The van der Waals surface area contributed by atoms with E-state index in [-0.39, 0.29) is 0 Å². The van der Waals surface area contributed by atoms with E-state index in [1.165, 1.54) is 32.1 Å². The molecule has 0 amide bonds. The molecule has 0 saturated heterocycles. The normalized spacial score (nSPS) is 11.6. The van der Waals surface area contributed by atoms with E-state index in [0.717, 1.165) is 74.6 Å². The van der Waals surface area contributed by atoms with Gasteiger partial charge in [0.2, 0.25) is 0 Å². The van der Waals surface area contributed by atoms with Crippen LogP contribution in [0.3, 0.4) is 0 Å². The molecule has 0 aliphatic carbocycles. The van der Waals surface area contributed by atoms with Crippen LogP contribution >= 0.6 is 0 Å². The average Bonchev–Trinajstić information content (AvgIpc) is 2.90. The third-order valence-corrected chi connectivity index (χ3v) is 6.82. The third-order valence-electron chi connectivity index (χ3n) is 6.82. The molecule has 0 unspecified atom stereocenters.